The van der Waals surface area contributed by atoms with Crippen molar-refractivity contribution in [3.8, 4) is 22.3 Å². The minimum absolute atomic E-state index is 0.187. The molecule has 1 aromatic heterocycles. The van der Waals surface area contributed by atoms with Crippen LogP contribution in [-0.2, 0) is 5.41 Å². The van der Waals surface area contributed by atoms with Gasteiger partial charge in [-0.3, -0.25) is 0 Å². The average molecular weight is 685 g/mol. The van der Waals surface area contributed by atoms with Crippen molar-refractivity contribution in [2.75, 3.05) is 0 Å². The lowest BCUT2D eigenvalue weighted by molar-refractivity contribution is 0.647. The lowest BCUT2D eigenvalue weighted by atomic mass is 9.81. The van der Waals surface area contributed by atoms with Crippen molar-refractivity contribution in [2.45, 2.75) is 19.3 Å². The zero-order valence-electron chi connectivity index (χ0n) is 29.9. The van der Waals surface area contributed by atoms with Crippen LogP contribution in [0.1, 0.15) is 25.0 Å². The van der Waals surface area contributed by atoms with E-state index in [1.807, 2.05) is 0 Å². The fraction of sp³-hybridized carbons (Fsp3) is 0.0566. The summed E-state index contributed by atoms with van der Waals surface area (Å²) < 4.78 is 6.85. The van der Waals surface area contributed by atoms with Crippen molar-refractivity contribution in [2.24, 2.45) is 0 Å². The number of furan rings is 1. The molecule has 0 unspecified atom stereocenters. The summed E-state index contributed by atoms with van der Waals surface area (Å²) in [6.07, 6.45) is 0. The van der Waals surface area contributed by atoms with Crippen LogP contribution in [0.4, 0.5) is 0 Å². The van der Waals surface area contributed by atoms with Gasteiger partial charge in [0, 0.05) is 16.2 Å². The van der Waals surface area contributed by atoms with Crippen LogP contribution in [0.2, 0.25) is 0 Å². The van der Waals surface area contributed by atoms with Crippen LogP contribution in [0.3, 0.4) is 0 Å². The van der Waals surface area contributed by atoms with Crippen LogP contribution in [0, 0.1) is 0 Å². The molecule has 0 atom stereocenters. The van der Waals surface area contributed by atoms with Gasteiger partial charge in [0.05, 0.1) is 0 Å². The largest absolute Gasteiger partial charge is 0.456 e. The minimum Gasteiger partial charge on any atom is -0.456 e. The molecule has 1 nitrogen and oxygen atoms in total. The van der Waals surface area contributed by atoms with E-state index in [4.69, 9.17) is 4.42 Å². The Hall–Kier alpha value is -6.70. The lowest BCUT2D eigenvalue weighted by Crippen LogP contribution is -2.15. The third kappa shape index (κ3) is 3.55. The monoisotopic (exact) mass is 684 g/mol. The quantitative estimate of drug-likeness (QED) is 0.157. The molecule has 0 radical (unpaired) electrons. The predicted molar refractivity (Wildman–Crippen MR) is 230 cm³/mol. The predicted octanol–water partition coefficient (Wildman–Crippen LogP) is 15.1. The van der Waals surface area contributed by atoms with Crippen molar-refractivity contribution in [3.05, 3.63) is 169 Å². The summed E-state index contributed by atoms with van der Waals surface area (Å²) in [5.74, 6) is 0. The van der Waals surface area contributed by atoms with Crippen molar-refractivity contribution in [1.82, 2.24) is 0 Å². The summed E-state index contributed by atoms with van der Waals surface area (Å²) >= 11 is 0. The summed E-state index contributed by atoms with van der Waals surface area (Å²) in [5, 5.41) is 20.5. The molecule has 1 aliphatic carbocycles. The molecule has 250 valence electrons. The Kier molecular flexibility index (Phi) is 5.25. The number of benzene rings is 11. The Morgan fingerprint density at radius 2 is 0.944 bits per heavy atom. The smallest absolute Gasteiger partial charge is 0.136 e. The molecule has 1 heteroatoms. The van der Waals surface area contributed by atoms with Gasteiger partial charge in [-0.1, -0.05) is 141 Å². The van der Waals surface area contributed by atoms with E-state index < -0.39 is 0 Å². The SMILES string of the molecule is CC1(C)c2cc(-c3ccc4ccc5cccc6ccc3c4c56)ccc2-c2cc3c(cc21)oc1cc2c(cc13)c1ccccc1c1ccc3ccccc3c12. The Bertz CT molecular complexity index is 3620. The summed E-state index contributed by atoms with van der Waals surface area (Å²) in [5.41, 5.74) is 9.56. The normalized spacial score (nSPS) is 13.9. The van der Waals surface area contributed by atoms with Crippen LogP contribution in [-0.4, -0.2) is 0 Å². The summed E-state index contributed by atoms with van der Waals surface area (Å²) in [6.45, 7) is 4.75. The van der Waals surface area contributed by atoms with Gasteiger partial charge in [-0.05, 0) is 139 Å². The highest BCUT2D eigenvalue weighted by molar-refractivity contribution is 6.33. The van der Waals surface area contributed by atoms with Gasteiger partial charge in [0.2, 0.25) is 0 Å². The first-order valence-corrected chi connectivity index (χ1v) is 19.0. The van der Waals surface area contributed by atoms with Gasteiger partial charge < -0.3 is 4.42 Å². The van der Waals surface area contributed by atoms with E-state index in [1.54, 1.807) is 0 Å². The molecule has 0 amide bonds. The Morgan fingerprint density at radius 1 is 0.333 bits per heavy atom. The zero-order chi connectivity index (χ0) is 35.4. The first-order chi connectivity index (χ1) is 26.5. The molecule has 0 N–H and O–H groups in total. The maximum absolute atomic E-state index is 6.85. The summed E-state index contributed by atoms with van der Waals surface area (Å²) in [6, 6.07) is 59.1. The molecule has 11 aromatic carbocycles. The summed E-state index contributed by atoms with van der Waals surface area (Å²) in [4.78, 5) is 0. The molecule has 1 aliphatic rings. The second-order valence-electron chi connectivity index (χ2n) is 16.0. The zero-order valence-corrected chi connectivity index (χ0v) is 29.9. The molecule has 0 aliphatic heterocycles. The van der Waals surface area contributed by atoms with Crippen molar-refractivity contribution < 1.29 is 4.42 Å². The molecule has 0 fully saturated rings. The van der Waals surface area contributed by atoms with Crippen molar-refractivity contribution in [1.29, 1.82) is 0 Å². The van der Waals surface area contributed by atoms with Crippen LogP contribution in [0.25, 0.3) is 120 Å². The van der Waals surface area contributed by atoms with E-state index in [-0.39, 0.29) is 5.41 Å². The third-order valence-electron chi connectivity index (χ3n) is 13.0. The highest BCUT2D eigenvalue weighted by Crippen LogP contribution is 2.53. The van der Waals surface area contributed by atoms with Crippen molar-refractivity contribution >= 4 is 97.3 Å². The van der Waals surface area contributed by atoms with Crippen LogP contribution < -0.4 is 0 Å². The summed E-state index contributed by atoms with van der Waals surface area (Å²) in [7, 11) is 0. The van der Waals surface area contributed by atoms with Gasteiger partial charge in [-0.25, -0.2) is 0 Å². The first-order valence-electron chi connectivity index (χ1n) is 19.0. The molecule has 0 saturated heterocycles. The molecular weight excluding hydrogens is 653 g/mol. The molecule has 1 heterocycles. The van der Waals surface area contributed by atoms with Crippen LogP contribution in [0.5, 0.6) is 0 Å². The topological polar surface area (TPSA) is 13.1 Å². The number of hydrogen-bond donors (Lipinski definition) is 0. The van der Waals surface area contributed by atoms with E-state index in [0.29, 0.717) is 0 Å². The van der Waals surface area contributed by atoms with E-state index in [2.05, 4.69) is 172 Å². The Morgan fingerprint density at radius 3 is 1.80 bits per heavy atom. The molecular formula is C53H32O. The second-order valence-corrected chi connectivity index (χ2v) is 16.0. The fourth-order valence-corrected chi connectivity index (χ4v) is 10.4. The maximum Gasteiger partial charge on any atom is 0.136 e. The van der Waals surface area contributed by atoms with Gasteiger partial charge in [-0.15, -0.1) is 0 Å². The van der Waals surface area contributed by atoms with E-state index in [0.717, 1.165) is 11.2 Å². The van der Waals surface area contributed by atoms with Gasteiger partial charge in [0.15, 0.2) is 0 Å². The van der Waals surface area contributed by atoms with Gasteiger partial charge in [-0.2, -0.15) is 0 Å². The van der Waals surface area contributed by atoms with E-state index in [1.165, 1.54) is 120 Å². The van der Waals surface area contributed by atoms with Gasteiger partial charge in [0.25, 0.3) is 0 Å². The van der Waals surface area contributed by atoms with Crippen molar-refractivity contribution in [3.63, 3.8) is 0 Å². The lowest BCUT2D eigenvalue weighted by Gasteiger charge is -2.22. The fourth-order valence-electron chi connectivity index (χ4n) is 10.4. The highest BCUT2D eigenvalue weighted by atomic mass is 16.3. The van der Waals surface area contributed by atoms with E-state index >= 15 is 0 Å². The molecule has 13 rings (SSSR count). The number of hydrogen-bond acceptors (Lipinski definition) is 1. The maximum atomic E-state index is 6.85. The third-order valence-corrected chi connectivity index (χ3v) is 13.0. The highest BCUT2D eigenvalue weighted by Gasteiger charge is 2.37. The number of fused-ring (bicyclic) bond motifs is 14. The van der Waals surface area contributed by atoms with Gasteiger partial charge in [0.1, 0.15) is 11.2 Å². The Balaban J connectivity index is 1.04. The van der Waals surface area contributed by atoms with E-state index in [9.17, 15) is 0 Å². The average Bonchev–Trinajstić information content (AvgIpc) is 3.67. The standard InChI is InChI=1S/C53H32O/c1-53(2)46-24-33(34-20-17-32-15-14-30-9-7-10-31-18-23-39(34)51(32)50(30)31)19-21-38(46)42-26-44-43-25-41-37-13-6-5-12-36(37)40-22-16-29-8-3-4-11-35(29)52(40)45(41)27-48(43)54-49(44)28-47(42)53/h3-28H,1-2H3. The molecule has 0 bridgehead atoms. The molecule has 0 saturated carbocycles. The Labute approximate surface area is 311 Å². The first kappa shape index (κ1) is 28.8. The molecule has 54 heavy (non-hydrogen) atoms. The second kappa shape index (κ2) is 9.83. The van der Waals surface area contributed by atoms with Gasteiger partial charge >= 0.3 is 0 Å². The molecule has 0 spiro atoms. The molecule has 12 aromatic rings. The number of rotatable bonds is 1. The van der Waals surface area contributed by atoms with Crippen LogP contribution >= 0.6 is 0 Å². The minimum atomic E-state index is -0.187. The van der Waals surface area contributed by atoms with Crippen LogP contribution in [0.15, 0.2) is 162 Å².